The number of rotatable bonds is 4. The van der Waals surface area contributed by atoms with Crippen LogP contribution in [-0.2, 0) is 11.3 Å². The standard InChI is InChI=1S/C14H18N2O4/c17-13(18)11-3-1-10(2-4-11)9-15-14(19)16-12-5-7-20-8-6-12/h1-4,12H,5-9H2,(H,17,18)(H2,15,16,19). The fourth-order valence-corrected chi connectivity index (χ4v) is 2.03. The Labute approximate surface area is 117 Å². The second-order valence-electron chi connectivity index (χ2n) is 4.72. The number of hydrogen-bond donors (Lipinski definition) is 3. The van der Waals surface area contributed by atoms with Crippen LogP contribution in [0.15, 0.2) is 24.3 Å². The zero-order chi connectivity index (χ0) is 14.4. The van der Waals surface area contributed by atoms with Gasteiger partial charge in [-0.3, -0.25) is 0 Å². The van der Waals surface area contributed by atoms with E-state index in [1.165, 1.54) is 12.1 Å². The van der Waals surface area contributed by atoms with Gasteiger partial charge in [-0.1, -0.05) is 12.1 Å². The van der Waals surface area contributed by atoms with Crippen molar-refractivity contribution in [2.45, 2.75) is 25.4 Å². The lowest BCUT2D eigenvalue weighted by atomic mass is 10.1. The van der Waals surface area contributed by atoms with Gasteiger partial charge in [0.2, 0.25) is 0 Å². The number of carboxylic acids is 1. The largest absolute Gasteiger partial charge is 0.478 e. The van der Waals surface area contributed by atoms with Crippen LogP contribution < -0.4 is 10.6 Å². The molecule has 1 fully saturated rings. The van der Waals surface area contributed by atoms with Gasteiger partial charge in [-0.05, 0) is 30.5 Å². The van der Waals surface area contributed by atoms with Crippen molar-refractivity contribution in [2.75, 3.05) is 13.2 Å². The monoisotopic (exact) mass is 278 g/mol. The Morgan fingerprint density at radius 1 is 1.20 bits per heavy atom. The van der Waals surface area contributed by atoms with Gasteiger partial charge < -0.3 is 20.5 Å². The van der Waals surface area contributed by atoms with Crippen molar-refractivity contribution < 1.29 is 19.4 Å². The topological polar surface area (TPSA) is 87.7 Å². The minimum Gasteiger partial charge on any atom is -0.478 e. The van der Waals surface area contributed by atoms with Crippen LogP contribution >= 0.6 is 0 Å². The summed E-state index contributed by atoms with van der Waals surface area (Å²) >= 11 is 0. The predicted molar refractivity (Wildman–Crippen MR) is 72.6 cm³/mol. The van der Waals surface area contributed by atoms with Gasteiger partial charge in [-0.15, -0.1) is 0 Å². The molecule has 1 aliphatic heterocycles. The average Bonchev–Trinajstić information content (AvgIpc) is 2.46. The first-order valence-electron chi connectivity index (χ1n) is 6.59. The third-order valence-electron chi connectivity index (χ3n) is 3.21. The van der Waals surface area contributed by atoms with Crippen LogP contribution in [0.2, 0.25) is 0 Å². The number of benzene rings is 1. The van der Waals surface area contributed by atoms with E-state index in [1.54, 1.807) is 12.1 Å². The normalized spacial score (nSPS) is 15.6. The predicted octanol–water partition coefficient (Wildman–Crippen LogP) is 1.36. The van der Waals surface area contributed by atoms with E-state index in [4.69, 9.17) is 9.84 Å². The van der Waals surface area contributed by atoms with Gasteiger partial charge in [0, 0.05) is 25.8 Å². The van der Waals surface area contributed by atoms with E-state index < -0.39 is 5.97 Å². The molecule has 0 bridgehead atoms. The van der Waals surface area contributed by atoms with Crippen molar-refractivity contribution in [3.63, 3.8) is 0 Å². The zero-order valence-electron chi connectivity index (χ0n) is 11.1. The molecule has 0 unspecified atom stereocenters. The Balaban J connectivity index is 1.76. The lowest BCUT2D eigenvalue weighted by Crippen LogP contribution is -2.44. The quantitative estimate of drug-likeness (QED) is 0.776. The van der Waals surface area contributed by atoms with Crippen molar-refractivity contribution in [3.05, 3.63) is 35.4 Å². The summed E-state index contributed by atoms with van der Waals surface area (Å²) in [7, 11) is 0. The van der Waals surface area contributed by atoms with Gasteiger partial charge in [0.15, 0.2) is 0 Å². The highest BCUT2D eigenvalue weighted by Crippen LogP contribution is 2.06. The maximum absolute atomic E-state index is 11.7. The Bertz CT molecular complexity index is 467. The summed E-state index contributed by atoms with van der Waals surface area (Å²) in [6, 6.07) is 6.39. The Morgan fingerprint density at radius 2 is 1.85 bits per heavy atom. The van der Waals surface area contributed by atoms with Gasteiger partial charge in [0.25, 0.3) is 0 Å². The van der Waals surface area contributed by atoms with Gasteiger partial charge in [0.05, 0.1) is 5.56 Å². The van der Waals surface area contributed by atoms with Crippen molar-refractivity contribution in [3.8, 4) is 0 Å². The van der Waals surface area contributed by atoms with Crippen molar-refractivity contribution in [2.24, 2.45) is 0 Å². The Hall–Kier alpha value is -2.08. The van der Waals surface area contributed by atoms with Crippen LogP contribution in [0, 0.1) is 0 Å². The average molecular weight is 278 g/mol. The molecule has 20 heavy (non-hydrogen) atoms. The smallest absolute Gasteiger partial charge is 0.335 e. The molecular weight excluding hydrogens is 260 g/mol. The van der Waals surface area contributed by atoms with Gasteiger partial charge >= 0.3 is 12.0 Å². The van der Waals surface area contributed by atoms with Crippen LogP contribution in [-0.4, -0.2) is 36.4 Å². The lowest BCUT2D eigenvalue weighted by molar-refractivity contribution is 0.0696. The first kappa shape index (κ1) is 14.3. The highest BCUT2D eigenvalue weighted by atomic mass is 16.5. The Morgan fingerprint density at radius 3 is 2.45 bits per heavy atom. The van der Waals surface area contributed by atoms with Crippen LogP contribution in [0.5, 0.6) is 0 Å². The SMILES string of the molecule is O=C(NCc1ccc(C(=O)O)cc1)NC1CCOCC1. The molecule has 0 aromatic heterocycles. The van der Waals surface area contributed by atoms with Crippen LogP contribution in [0.25, 0.3) is 0 Å². The first-order chi connectivity index (χ1) is 9.65. The molecule has 6 heteroatoms. The number of aromatic carboxylic acids is 1. The molecule has 2 amide bonds. The highest BCUT2D eigenvalue weighted by molar-refractivity contribution is 5.87. The number of urea groups is 1. The molecule has 0 atom stereocenters. The fourth-order valence-electron chi connectivity index (χ4n) is 2.03. The molecule has 3 N–H and O–H groups in total. The summed E-state index contributed by atoms with van der Waals surface area (Å²) in [5.41, 5.74) is 1.09. The third kappa shape index (κ3) is 4.24. The van der Waals surface area contributed by atoms with Gasteiger partial charge in [0.1, 0.15) is 0 Å². The maximum Gasteiger partial charge on any atom is 0.335 e. The zero-order valence-corrected chi connectivity index (χ0v) is 11.1. The van der Waals surface area contributed by atoms with E-state index >= 15 is 0 Å². The molecule has 108 valence electrons. The summed E-state index contributed by atoms with van der Waals surface area (Å²) in [5, 5.41) is 14.4. The van der Waals surface area contributed by atoms with Crippen LogP contribution in [0.1, 0.15) is 28.8 Å². The molecule has 1 saturated heterocycles. The summed E-state index contributed by atoms with van der Waals surface area (Å²) < 4.78 is 5.22. The van der Waals surface area contributed by atoms with Crippen LogP contribution in [0.4, 0.5) is 4.79 Å². The summed E-state index contributed by atoms with van der Waals surface area (Å²) in [5.74, 6) is -0.957. The minimum atomic E-state index is -0.957. The van der Waals surface area contributed by atoms with E-state index in [0.29, 0.717) is 19.8 Å². The van der Waals surface area contributed by atoms with Gasteiger partial charge in [-0.25, -0.2) is 9.59 Å². The number of carbonyl (C=O) groups is 2. The van der Waals surface area contributed by atoms with Crippen molar-refractivity contribution in [1.82, 2.24) is 10.6 Å². The number of carboxylic acid groups (broad SMARTS) is 1. The van der Waals surface area contributed by atoms with E-state index in [1.807, 2.05) is 0 Å². The van der Waals surface area contributed by atoms with E-state index in [9.17, 15) is 9.59 Å². The molecule has 0 radical (unpaired) electrons. The second-order valence-corrected chi connectivity index (χ2v) is 4.72. The number of amides is 2. The van der Waals surface area contributed by atoms with E-state index in [-0.39, 0.29) is 17.6 Å². The maximum atomic E-state index is 11.7. The van der Waals surface area contributed by atoms with Crippen molar-refractivity contribution >= 4 is 12.0 Å². The molecule has 1 heterocycles. The van der Waals surface area contributed by atoms with E-state index in [0.717, 1.165) is 18.4 Å². The Kier molecular flexibility index (Phi) is 4.95. The number of nitrogens with one attached hydrogen (secondary N) is 2. The number of ether oxygens (including phenoxy) is 1. The molecule has 0 aliphatic carbocycles. The summed E-state index contributed by atoms with van der Waals surface area (Å²) in [6.07, 6.45) is 1.67. The second kappa shape index (κ2) is 6.91. The highest BCUT2D eigenvalue weighted by Gasteiger charge is 2.15. The molecule has 2 rings (SSSR count). The summed E-state index contributed by atoms with van der Waals surface area (Å²) in [4.78, 5) is 22.4. The molecule has 6 nitrogen and oxygen atoms in total. The molecule has 1 aliphatic rings. The third-order valence-corrected chi connectivity index (χ3v) is 3.21. The van der Waals surface area contributed by atoms with Crippen LogP contribution in [0.3, 0.4) is 0 Å². The van der Waals surface area contributed by atoms with Crippen molar-refractivity contribution in [1.29, 1.82) is 0 Å². The number of carbonyl (C=O) groups excluding carboxylic acids is 1. The van der Waals surface area contributed by atoms with Gasteiger partial charge in [-0.2, -0.15) is 0 Å². The lowest BCUT2D eigenvalue weighted by Gasteiger charge is -2.23. The minimum absolute atomic E-state index is 0.165. The molecular formula is C14H18N2O4. The molecule has 0 saturated carbocycles. The number of hydrogen-bond acceptors (Lipinski definition) is 3. The summed E-state index contributed by atoms with van der Waals surface area (Å²) in [6.45, 7) is 1.73. The molecule has 1 aromatic carbocycles. The molecule has 1 aromatic rings. The first-order valence-corrected chi connectivity index (χ1v) is 6.59. The molecule has 0 spiro atoms. The fraction of sp³-hybridized carbons (Fsp3) is 0.429. The van der Waals surface area contributed by atoms with E-state index in [2.05, 4.69) is 10.6 Å².